The Labute approximate surface area is 162 Å². The molecule has 0 unspecified atom stereocenters. The first-order valence-corrected chi connectivity index (χ1v) is 8.78. The van der Waals surface area contributed by atoms with Crippen molar-refractivity contribution in [2.45, 2.75) is 13.5 Å². The Hall–Kier alpha value is -3.54. The molecule has 1 aromatic heterocycles. The number of methoxy groups -OCH3 is 1. The molecule has 0 saturated carbocycles. The number of ether oxygens (including phenoxy) is 3. The van der Waals surface area contributed by atoms with Gasteiger partial charge in [0, 0.05) is 11.5 Å². The third-order valence-corrected chi connectivity index (χ3v) is 4.05. The molecule has 0 aliphatic rings. The molecule has 3 aromatic rings. The standard InChI is InChI=1S/C22H20O6/c1-3-26-22(24)21-18(17-6-4-5-7-19(17)28-21)14-27-20(23)13-10-15-8-11-16(25-2)12-9-15/h4-13H,3,14H2,1-2H3/b13-10+. The van der Waals surface area contributed by atoms with Crippen molar-refractivity contribution < 1.29 is 28.2 Å². The Balaban J connectivity index is 1.73. The molecule has 0 radical (unpaired) electrons. The zero-order valence-corrected chi connectivity index (χ0v) is 15.6. The lowest BCUT2D eigenvalue weighted by atomic mass is 10.1. The van der Waals surface area contributed by atoms with Gasteiger partial charge in [0.2, 0.25) is 5.76 Å². The second-order valence-electron chi connectivity index (χ2n) is 5.84. The van der Waals surface area contributed by atoms with Gasteiger partial charge in [-0.2, -0.15) is 0 Å². The van der Waals surface area contributed by atoms with E-state index in [2.05, 4.69) is 0 Å². The van der Waals surface area contributed by atoms with Crippen LogP contribution >= 0.6 is 0 Å². The smallest absolute Gasteiger partial charge is 0.374 e. The van der Waals surface area contributed by atoms with Crippen LogP contribution in [0.25, 0.3) is 17.0 Å². The predicted octanol–water partition coefficient (Wildman–Crippen LogP) is 4.37. The highest BCUT2D eigenvalue weighted by molar-refractivity contribution is 5.96. The van der Waals surface area contributed by atoms with E-state index >= 15 is 0 Å². The van der Waals surface area contributed by atoms with E-state index in [1.165, 1.54) is 6.08 Å². The number of fused-ring (bicyclic) bond motifs is 1. The number of esters is 2. The topological polar surface area (TPSA) is 75.0 Å². The second kappa shape index (κ2) is 8.90. The summed E-state index contributed by atoms with van der Waals surface area (Å²) in [5.74, 6) is -0.331. The van der Waals surface area contributed by atoms with E-state index in [1.807, 2.05) is 18.2 Å². The summed E-state index contributed by atoms with van der Waals surface area (Å²) in [5.41, 5.74) is 1.85. The summed E-state index contributed by atoms with van der Waals surface area (Å²) < 4.78 is 21.0. The normalized spacial score (nSPS) is 10.9. The van der Waals surface area contributed by atoms with Crippen molar-refractivity contribution in [3.63, 3.8) is 0 Å². The van der Waals surface area contributed by atoms with Crippen LogP contribution in [0.5, 0.6) is 5.75 Å². The maximum atomic E-state index is 12.2. The predicted molar refractivity (Wildman–Crippen MR) is 104 cm³/mol. The second-order valence-corrected chi connectivity index (χ2v) is 5.84. The van der Waals surface area contributed by atoms with E-state index in [4.69, 9.17) is 18.6 Å². The van der Waals surface area contributed by atoms with Crippen molar-refractivity contribution in [1.82, 2.24) is 0 Å². The molecule has 0 saturated heterocycles. The van der Waals surface area contributed by atoms with Crippen LogP contribution < -0.4 is 4.74 Å². The molecule has 0 fully saturated rings. The number of furan rings is 1. The maximum Gasteiger partial charge on any atom is 0.374 e. The van der Waals surface area contributed by atoms with E-state index in [0.717, 1.165) is 11.3 Å². The number of rotatable bonds is 7. The zero-order valence-electron chi connectivity index (χ0n) is 15.6. The van der Waals surface area contributed by atoms with Gasteiger partial charge in [-0.1, -0.05) is 30.3 Å². The lowest BCUT2D eigenvalue weighted by Gasteiger charge is -2.04. The van der Waals surface area contributed by atoms with Gasteiger partial charge in [-0.25, -0.2) is 9.59 Å². The molecule has 3 rings (SSSR count). The number of hydrogen-bond donors (Lipinski definition) is 0. The highest BCUT2D eigenvalue weighted by Crippen LogP contribution is 2.27. The van der Waals surface area contributed by atoms with E-state index < -0.39 is 11.9 Å². The molecule has 0 amide bonds. The van der Waals surface area contributed by atoms with Gasteiger partial charge in [-0.3, -0.25) is 0 Å². The fourth-order valence-electron chi connectivity index (χ4n) is 2.67. The molecule has 28 heavy (non-hydrogen) atoms. The van der Waals surface area contributed by atoms with Gasteiger partial charge >= 0.3 is 11.9 Å². The lowest BCUT2D eigenvalue weighted by Crippen LogP contribution is -2.08. The van der Waals surface area contributed by atoms with E-state index in [-0.39, 0.29) is 19.0 Å². The third-order valence-electron chi connectivity index (χ3n) is 4.05. The van der Waals surface area contributed by atoms with Crippen molar-refractivity contribution >= 4 is 29.0 Å². The number of benzene rings is 2. The summed E-state index contributed by atoms with van der Waals surface area (Å²) in [4.78, 5) is 24.3. The minimum atomic E-state index is -0.585. The molecular formula is C22H20O6. The van der Waals surface area contributed by atoms with Gasteiger partial charge in [-0.05, 0) is 36.8 Å². The Kier molecular flexibility index (Phi) is 6.11. The first-order chi connectivity index (χ1) is 13.6. The molecule has 0 spiro atoms. The summed E-state index contributed by atoms with van der Waals surface area (Å²) in [6.45, 7) is 1.83. The first-order valence-electron chi connectivity index (χ1n) is 8.78. The highest BCUT2D eigenvalue weighted by atomic mass is 16.5. The molecule has 0 bridgehead atoms. The minimum Gasteiger partial charge on any atom is -0.497 e. The van der Waals surface area contributed by atoms with E-state index in [0.29, 0.717) is 16.5 Å². The van der Waals surface area contributed by atoms with Gasteiger partial charge in [-0.15, -0.1) is 0 Å². The Morgan fingerprint density at radius 1 is 1.04 bits per heavy atom. The SMILES string of the molecule is CCOC(=O)c1oc2ccccc2c1COC(=O)/C=C/c1ccc(OC)cc1. The number of hydrogen-bond acceptors (Lipinski definition) is 6. The fraction of sp³-hybridized carbons (Fsp3) is 0.182. The molecular weight excluding hydrogens is 360 g/mol. The Morgan fingerprint density at radius 3 is 2.50 bits per heavy atom. The molecule has 0 aliphatic heterocycles. The lowest BCUT2D eigenvalue weighted by molar-refractivity contribution is -0.138. The number of carbonyl (C=O) groups excluding carboxylic acids is 2. The largest absolute Gasteiger partial charge is 0.497 e. The minimum absolute atomic E-state index is 0.0509. The summed E-state index contributed by atoms with van der Waals surface area (Å²) >= 11 is 0. The molecule has 0 atom stereocenters. The van der Waals surface area contributed by atoms with Crippen molar-refractivity contribution in [3.8, 4) is 5.75 Å². The van der Waals surface area contributed by atoms with Crippen LogP contribution in [0.1, 0.15) is 28.6 Å². The van der Waals surface area contributed by atoms with E-state index in [9.17, 15) is 9.59 Å². The van der Waals surface area contributed by atoms with Gasteiger partial charge in [0.15, 0.2) is 0 Å². The molecule has 1 heterocycles. The van der Waals surface area contributed by atoms with Crippen molar-refractivity contribution in [3.05, 3.63) is 71.5 Å². The molecule has 6 nitrogen and oxygen atoms in total. The fourth-order valence-corrected chi connectivity index (χ4v) is 2.67. The van der Waals surface area contributed by atoms with Crippen LogP contribution in [0.15, 0.2) is 59.0 Å². The van der Waals surface area contributed by atoms with Gasteiger partial charge in [0.1, 0.15) is 17.9 Å². The van der Waals surface area contributed by atoms with Crippen LogP contribution in [0.3, 0.4) is 0 Å². The van der Waals surface area contributed by atoms with Crippen molar-refractivity contribution in [2.75, 3.05) is 13.7 Å². The monoisotopic (exact) mass is 380 g/mol. The molecule has 6 heteroatoms. The Morgan fingerprint density at radius 2 is 1.79 bits per heavy atom. The maximum absolute atomic E-state index is 12.2. The average molecular weight is 380 g/mol. The van der Waals surface area contributed by atoms with Crippen LogP contribution in [-0.4, -0.2) is 25.7 Å². The van der Waals surface area contributed by atoms with Crippen LogP contribution in [-0.2, 0) is 20.9 Å². The van der Waals surface area contributed by atoms with Gasteiger partial charge in [0.25, 0.3) is 0 Å². The quantitative estimate of drug-likeness (QED) is 0.447. The third kappa shape index (κ3) is 4.40. The van der Waals surface area contributed by atoms with Gasteiger partial charge < -0.3 is 18.6 Å². The first kappa shape index (κ1) is 19.2. The Bertz CT molecular complexity index is 998. The van der Waals surface area contributed by atoms with Crippen LogP contribution in [0.2, 0.25) is 0 Å². The molecule has 0 N–H and O–H groups in total. The molecule has 0 aliphatic carbocycles. The summed E-state index contributed by atoms with van der Waals surface area (Å²) in [6.07, 6.45) is 2.97. The zero-order chi connectivity index (χ0) is 19.9. The number of para-hydroxylation sites is 1. The highest BCUT2D eigenvalue weighted by Gasteiger charge is 2.22. The van der Waals surface area contributed by atoms with E-state index in [1.54, 1.807) is 50.4 Å². The average Bonchev–Trinajstić information content (AvgIpc) is 3.10. The summed E-state index contributed by atoms with van der Waals surface area (Å²) in [6, 6.07) is 14.4. The van der Waals surface area contributed by atoms with Gasteiger partial charge in [0.05, 0.1) is 19.3 Å². The van der Waals surface area contributed by atoms with Crippen LogP contribution in [0, 0.1) is 0 Å². The number of carbonyl (C=O) groups is 2. The van der Waals surface area contributed by atoms with Crippen molar-refractivity contribution in [2.24, 2.45) is 0 Å². The summed E-state index contributed by atoms with van der Waals surface area (Å²) in [5, 5.41) is 0.706. The summed E-state index contributed by atoms with van der Waals surface area (Å²) in [7, 11) is 1.59. The van der Waals surface area contributed by atoms with Crippen LogP contribution in [0.4, 0.5) is 0 Å². The van der Waals surface area contributed by atoms with Crippen molar-refractivity contribution in [1.29, 1.82) is 0 Å². The molecule has 144 valence electrons. The molecule has 2 aromatic carbocycles.